The maximum Gasteiger partial charge on any atom is 0.306 e. The Morgan fingerprint density at radius 1 is 0.667 bits per heavy atom. The summed E-state index contributed by atoms with van der Waals surface area (Å²) in [5.41, 5.74) is 0. The third kappa shape index (κ3) is 7.23. The molecule has 0 aliphatic heterocycles. The van der Waals surface area contributed by atoms with Gasteiger partial charge in [-0.05, 0) is 76.0 Å². The molecular weight excluding hydrogens is 304 g/mol. The van der Waals surface area contributed by atoms with E-state index >= 15 is 0 Å². The molecule has 4 heteroatoms. The summed E-state index contributed by atoms with van der Waals surface area (Å²) in [5.74, 6) is 1.31. The van der Waals surface area contributed by atoms with Crippen LogP contribution < -0.4 is 0 Å². The predicted molar refractivity (Wildman–Crippen MR) is 93.5 cm³/mol. The first-order valence-electron chi connectivity index (χ1n) is 9.92. The van der Waals surface area contributed by atoms with Gasteiger partial charge in [0.1, 0.15) is 12.2 Å². The summed E-state index contributed by atoms with van der Waals surface area (Å²) in [5, 5.41) is 0. The van der Waals surface area contributed by atoms with Crippen LogP contribution in [0.25, 0.3) is 0 Å². The molecule has 0 N–H and O–H groups in total. The fraction of sp³-hybridized carbons (Fsp3) is 0.900. The van der Waals surface area contributed by atoms with Gasteiger partial charge in [0.05, 0.1) is 0 Å². The van der Waals surface area contributed by atoms with E-state index in [2.05, 4.69) is 13.8 Å². The van der Waals surface area contributed by atoms with E-state index in [1.165, 1.54) is 0 Å². The topological polar surface area (TPSA) is 52.6 Å². The molecule has 0 atom stereocenters. The summed E-state index contributed by atoms with van der Waals surface area (Å²) in [6.45, 7) is 4.51. The minimum Gasteiger partial charge on any atom is -0.462 e. The maximum absolute atomic E-state index is 11.8. The molecule has 4 nitrogen and oxygen atoms in total. The predicted octanol–water partition coefficient (Wildman–Crippen LogP) is 4.79. The fourth-order valence-corrected chi connectivity index (χ4v) is 3.72. The number of unbranched alkanes of at least 4 members (excludes halogenated alkanes) is 1. The molecule has 2 fully saturated rings. The molecule has 0 bridgehead atoms. The second-order valence-electron chi connectivity index (χ2n) is 7.95. The van der Waals surface area contributed by atoms with Crippen LogP contribution in [0.2, 0.25) is 0 Å². The van der Waals surface area contributed by atoms with E-state index in [1.807, 2.05) is 0 Å². The highest BCUT2D eigenvalue weighted by molar-refractivity contribution is 5.70. The minimum atomic E-state index is -0.107. The quantitative estimate of drug-likeness (QED) is 0.495. The number of carbonyl (C=O) groups excluding carboxylic acids is 2. The zero-order valence-electron chi connectivity index (χ0n) is 15.4. The number of ether oxygens (including phenoxy) is 2. The van der Waals surface area contributed by atoms with Crippen LogP contribution in [-0.2, 0) is 19.1 Å². The van der Waals surface area contributed by atoms with Crippen LogP contribution in [0.3, 0.4) is 0 Å². The van der Waals surface area contributed by atoms with E-state index in [4.69, 9.17) is 9.47 Å². The molecule has 0 heterocycles. The van der Waals surface area contributed by atoms with Gasteiger partial charge in [-0.2, -0.15) is 0 Å². The van der Waals surface area contributed by atoms with E-state index in [1.54, 1.807) is 0 Å². The second-order valence-corrected chi connectivity index (χ2v) is 7.95. The van der Waals surface area contributed by atoms with Gasteiger partial charge in [0.15, 0.2) is 0 Å². The van der Waals surface area contributed by atoms with E-state index in [0.29, 0.717) is 25.7 Å². The minimum absolute atomic E-state index is 0.107. The van der Waals surface area contributed by atoms with Crippen molar-refractivity contribution in [1.29, 1.82) is 0 Å². The molecule has 2 aliphatic carbocycles. The first-order chi connectivity index (χ1) is 11.5. The molecule has 2 aliphatic rings. The molecule has 0 aromatic carbocycles. The van der Waals surface area contributed by atoms with Crippen LogP contribution in [0.1, 0.15) is 90.9 Å². The fourth-order valence-electron chi connectivity index (χ4n) is 3.72. The van der Waals surface area contributed by atoms with Gasteiger partial charge >= 0.3 is 11.9 Å². The molecule has 0 aromatic heterocycles. The third-order valence-corrected chi connectivity index (χ3v) is 5.53. The van der Waals surface area contributed by atoms with Crippen molar-refractivity contribution in [2.24, 2.45) is 11.8 Å². The Balaban J connectivity index is 1.49. The maximum atomic E-state index is 11.8. The van der Waals surface area contributed by atoms with E-state index in [-0.39, 0.29) is 24.1 Å². The van der Waals surface area contributed by atoms with Crippen LogP contribution in [0.15, 0.2) is 0 Å². The Labute approximate surface area is 146 Å². The van der Waals surface area contributed by atoms with Crippen molar-refractivity contribution in [2.45, 2.75) is 103 Å². The molecular formula is C20H34O4. The van der Waals surface area contributed by atoms with Crippen LogP contribution in [0.4, 0.5) is 0 Å². The molecule has 2 rings (SSSR count). The lowest BCUT2D eigenvalue weighted by Gasteiger charge is -2.26. The molecule has 0 aromatic rings. The Morgan fingerprint density at radius 2 is 1.00 bits per heavy atom. The smallest absolute Gasteiger partial charge is 0.306 e. The second kappa shape index (κ2) is 10.0. The molecule has 0 unspecified atom stereocenters. The van der Waals surface area contributed by atoms with Crippen molar-refractivity contribution in [3.8, 4) is 0 Å². The molecule has 0 saturated heterocycles. The van der Waals surface area contributed by atoms with Crippen molar-refractivity contribution in [3.63, 3.8) is 0 Å². The number of carbonyl (C=O) groups is 2. The lowest BCUT2D eigenvalue weighted by atomic mass is 9.89. The first-order valence-corrected chi connectivity index (χ1v) is 9.92. The molecule has 0 spiro atoms. The standard InChI is InChI=1S/C20H34O4/c1-15-7-11-17(12-8-15)23-19(21)5-3-4-6-20(22)24-18-13-9-16(2)10-14-18/h15-18H,3-14H2,1-2H3. The highest BCUT2D eigenvalue weighted by atomic mass is 16.5. The molecule has 0 radical (unpaired) electrons. The van der Waals surface area contributed by atoms with Gasteiger partial charge in [0, 0.05) is 12.8 Å². The average Bonchev–Trinajstić information content (AvgIpc) is 2.56. The summed E-state index contributed by atoms with van der Waals surface area (Å²) < 4.78 is 11.0. The lowest BCUT2D eigenvalue weighted by molar-refractivity contribution is -0.153. The monoisotopic (exact) mass is 338 g/mol. The number of esters is 2. The van der Waals surface area contributed by atoms with Crippen molar-refractivity contribution < 1.29 is 19.1 Å². The molecule has 138 valence electrons. The molecule has 24 heavy (non-hydrogen) atoms. The van der Waals surface area contributed by atoms with Crippen LogP contribution in [-0.4, -0.2) is 24.1 Å². The first kappa shape index (κ1) is 19.3. The lowest BCUT2D eigenvalue weighted by Crippen LogP contribution is -2.24. The number of hydrogen-bond donors (Lipinski definition) is 0. The van der Waals surface area contributed by atoms with Gasteiger partial charge in [-0.1, -0.05) is 13.8 Å². The van der Waals surface area contributed by atoms with Gasteiger partial charge in [-0.25, -0.2) is 0 Å². The van der Waals surface area contributed by atoms with Crippen molar-refractivity contribution in [3.05, 3.63) is 0 Å². The van der Waals surface area contributed by atoms with Gasteiger partial charge in [0.25, 0.3) is 0 Å². The van der Waals surface area contributed by atoms with Gasteiger partial charge in [0.2, 0.25) is 0 Å². The van der Waals surface area contributed by atoms with E-state index < -0.39 is 0 Å². The largest absolute Gasteiger partial charge is 0.462 e. The van der Waals surface area contributed by atoms with Gasteiger partial charge in [-0.3, -0.25) is 9.59 Å². The average molecular weight is 338 g/mol. The SMILES string of the molecule is CC1CCC(OC(=O)CCCCC(=O)OC2CCC(C)CC2)CC1. The Kier molecular flexibility index (Phi) is 8.07. The normalized spacial score (nSPS) is 30.6. The number of rotatable bonds is 7. The van der Waals surface area contributed by atoms with Gasteiger partial charge in [-0.15, -0.1) is 0 Å². The number of hydrogen-bond acceptors (Lipinski definition) is 4. The van der Waals surface area contributed by atoms with E-state index in [0.717, 1.165) is 63.2 Å². The van der Waals surface area contributed by atoms with Crippen molar-refractivity contribution >= 4 is 11.9 Å². The Morgan fingerprint density at radius 3 is 1.33 bits per heavy atom. The Hall–Kier alpha value is -1.06. The molecule has 0 amide bonds. The van der Waals surface area contributed by atoms with E-state index in [9.17, 15) is 9.59 Å². The van der Waals surface area contributed by atoms with Crippen LogP contribution >= 0.6 is 0 Å². The summed E-state index contributed by atoms with van der Waals surface area (Å²) in [4.78, 5) is 23.7. The van der Waals surface area contributed by atoms with Crippen molar-refractivity contribution in [2.75, 3.05) is 0 Å². The third-order valence-electron chi connectivity index (χ3n) is 5.53. The summed E-state index contributed by atoms with van der Waals surface area (Å²) in [7, 11) is 0. The summed E-state index contributed by atoms with van der Waals surface area (Å²) in [6, 6.07) is 0. The van der Waals surface area contributed by atoms with Crippen LogP contribution in [0, 0.1) is 11.8 Å². The summed E-state index contributed by atoms with van der Waals surface area (Å²) >= 11 is 0. The van der Waals surface area contributed by atoms with Gasteiger partial charge < -0.3 is 9.47 Å². The summed E-state index contributed by atoms with van der Waals surface area (Å²) in [6.07, 6.45) is 11.1. The highest BCUT2D eigenvalue weighted by Crippen LogP contribution is 2.27. The molecule has 2 saturated carbocycles. The zero-order chi connectivity index (χ0) is 17.4. The highest BCUT2D eigenvalue weighted by Gasteiger charge is 2.22. The van der Waals surface area contributed by atoms with Crippen LogP contribution in [0.5, 0.6) is 0 Å². The Bertz CT molecular complexity index is 352. The van der Waals surface area contributed by atoms with Crippen molar-refractivity contribution in [1.82, 2.24) is 0 Å². The zero-order valence-corrected chi connectivity index (χ0v) is 15.4.